The third-order valence-electron chi connectivity index (χ3n) is 1.95. The summed E-state index contributed by atoms with van der Waals surface area (Å²) in [5.74, 6) is -0.333. The summed E-state index contributed by atoms with van der Waals surface area (Å²) in [4.78, 5) is 22.9. The number of nitrogen functional groups attached to an aromatic ring is 1. The Kier molecular flexibility index (Phi) is 4.84. The maximum absolute atomic E-state index is 11.3. The summed E-state index contributed by atoms with van der Waals surface area (Å²) in [5, 5.41) is 0. The molecule has 0 atom stereocenters. The third kappa shape index (κ3) is 4.78. The van der Waals surface area contributed by atoms with Crippen molar-refractivity contribution >= 4 is 29.3 Å². The fourth-order valence-electron chi connectivity index (χ4n) is 1.11. The summed E-state index contributed by atoms with van der Waals surface area (Å²) >= 11 is 1.38. The van der Waals surface area contributed by atoms with Crippen LogP contribution < -0.4 is 16.6 Å². The molecular weight excluding hydrogens is 238 g/mol. The lowest BCUT2D eigenvalue weighted by atomic mass is 10.2. The first-order valence-electron chi connectivity index (χ1n) is 5.03. The van der Waals surface area contributed by atoms with Gasteiger partial charge in [0.2, 0.25) is 11.8 Å². The molecule has 0 aliphatic carbocycles. The molecule has 4 N–H and O–H groups in total. The minimum absolute atomic E-state index is 0.227. The minimum atomic E-state index is -0.302. The highest BCUT2D eigenvalue weighted by molar-refractivity contribution is 8.00. The van der Waals surface area contributed by atoms with Crippen LogP contribution in [0.1, 0.15) is 12.5 Å². The number of carbonyl (C=O) groups is 2. The summed E-state index contributed by atoms with van der Waals surface area (Å²) in [6, 6.07) is 5.55. The number of amides is 2. The normalized spacial score (nSPS) is 9.76. The van der Waals surface area contributed by atoms with Crippen LogP contribution in [0.15, 0.2) is 23.1 Å². The smallest absolute Gasteiger partial charge is 0.248 e. The summed E-state index contributed by atoms with van der Waals surface area (Å²) in [7, 11) is 0. The van der Waals surface area contributed by atoms with Gasteiger partial charge < -0.3 is 5.73 Å². The molecule has 17 heavy (non-hydrogen) atoms. The Labute approximate surface area is 104 Å². The van der Waals surface area contributed by atoms with Crippen LogP contribution >= 0.6 is 11.8 Å². The third-order valence-corrected chi connectivity index (χ3v) is 3.11. The van der Waals surface area contributed by atoms with Crippen molar-refractivity contribution in [3.8, 4) is 0 Å². The van der Waals surface area contributed by atoms with E-state index in [0.29, 0.717) is 5.69 Å². The Morgan fingerprint density at radius 3 is 2.71 bits per heavy atom. The molecule has 0 unspecified atom stereocenters. The van der Waals surface area contributed by atoms with Crippen molar-refractivity contribution in [3.05, 3.63) is 23.8 Å². The van der Waals surface area contributed by atoms with E-state index in [0.717, 1.165) is 10.5 Å². The molecular formula is C11H15N3O2S. The molecule has 1 rings (SSSR count). The van der Waals surface area contributed by atoms with Gasteiger partial charge in [-0.1, -0.05) is 6.07 Å². The van der Waals surface area contributed by atoms with Crippen molar-refractivity contribution in [2.45, 2.75) is 18.7 Å². The lowest BCUT2D eigenvalue weighted by molar-refractivity contribution is -0.126. The molecule has 0 fully saturated rings. The monoisotopic (exact) mass is 253 g/mol. The fourth-order valence-corrected chi connectivity index (χ4v) is 1.98. The maximum Gasteiger partial charge on any atom is 0.248 e. The van der Waals surface area contributed by atoms with Gasteiger partial charge in [-0.3, -0.25) is 20.4 Å². The summed E-state index contributed by atoms with van der Waals surface area (Å²) in [6.45, 7) is 3.28. The van der Waals surface area contributed by atoms with Crippen LogP contribution in [0.3, 0.4) is 0 Å². The van der Waals surface area contributed by atoms with E-state index in [1.807, 2.05) is 25.1 Å². The van der Waals surface area contributed by atoms with Gasteiger partial charge >= 0.3 is 0 Å². The second-order valence-electron chi connectivity index (χ2n) is 3.54. The number of hydrazine groups is 1. The Morgan fingerprint density at radius 2 is 2.06 bits per heavy atom. The second-order valence-corrected chi connectivity index (χ2v) is 4.56. The van der Waals surface area contributed by atoms with Crippen LogP contribution in [0.4, 0.5) is 5.69 Å². The van der Waals surface area contributed by atoms with Crippen LogP contribution in [-0.4, -0.2) is 17.6 Å². The van der Waals surface area contributed by atoms with Crippen molar-refractivity contribution < 1.29 is 9.59 Å². The van der Waals surface area contributed by atoms with Crippen molar-refractivity contribution in [1.82, 2.24) is 10.9 Å². The number of carbonyl (C=O) groups excluding carboxylic acids is 2. The zero-order valence-corrected chi connectivity index (χ0v) is 10.6. The molecule has 0 saturated heterocycles. The number of benzene rings is 1. The quantitative estimate of drug-likeness (QED) is 0.423. The van der Waals surface area contributed by atoms with E-state index in [1.165, 1.54) is 18.7 Å². The van der Waals surface area contributed by atoms with E-state index >= 15 is 0 Å². The van der Waals surface area contributed by atoms with Gasteiger partial charge in [0.15, 0.2) is 0 Å². The van der Waals surface area contributed by atoms with Crippen LogP contribution in [0, 0.1) is 6.92 Å². The number of aryl methyl sites for hydroxylation is 1. The highest BCUT2D eigenvalue weighted by Crippen LogP contribution is 2.24. The summed E-state index contributed by atoms with van der Waals surface area (Å²) in [6.07, 6.45) is 0. The number of hydrogen-bond acceptors (Lipinski definition) is 4. The zero-order valence-electron chi connectivity index (χ0n) is 9.74. The highest BCUT2D eigenvalue weighted by Gasteiger charge is 2.05. The Morgan fingerprint density at radius 1 is 1.35 bits per heavy atom. The van der Waals surface area contributed by atoms with E-state index in [4.69, 9.17) is 5.73 Å². The number of anilines is 1. The molecule has 1 aromatic rings. The molecule has 0 aliphatic rings. The van der Waals surface area contributed by atoms with Crippen molar-refractivity contribution in [1.29, 1.82) is 0 Å². The average molecular weight is 253 g/mol. The molecule has 2 amide bonds. The highest BCUT2D eigenvalue weighted by atomic mass is 32.2. The molecule has 0 heterocycles. The van der Waals surface area contributed by atoms with Gasteiger partial charge in [0, 0.05) is 17.5 Å². The minimum Gasteiger partial charge on any atom is -0.399 e. The topological polar surface area (TPSA) is 84.2 Å². The predicted molar refractivity (Wildman–Crippen MR) is 68.3 cm³/mol. The first-order chi connectivity index (χ1) is 7.99. The Bertz CT molecular complexity index is 435. The predicted octanol–water partition coefficient (Wildman–Crippen LogP) is 0.837. The van der Waals surface area contributed by atoms with Gasteiger partial charge in [-0.25, -0.2) is 0 Å². The maximum atomic E-state index is 11.3. The van der Waals surface area contributed by atoms with E-state index < -0.39 is 0 Å². The lowest BCUT2D eigenvalue weighted by Gasteiger charge is -2.07. The molecule has 92 valence electrons. The summed E-state index contributed by atoms with van der Waals surface area (Å²) in [5.41, 5.74) is 11.9. The molecule has 0 bridgehead atoms. The van der Waals surface area contributed by atoms with Crippen molar-refractivity contribution in [3.63, 3.8) is 0 Å². The Balaban J connectivity index is 2.47. The number of hydrogen-bond donors (Lipinski definition) is 3. The van der Waals surface area contributed by atoms with Crippen LogP contribution in [0.5, 0.6) is 0 Å². The molecule has 1 aromatic carbocycles. The van der Waals surface area contributed by atoms with E-state index in [1.54, 1.807) is 0 Å². The first-order valence-corrected chi connectivity index (χ1v) is 6.02. The van der Waals surface area contributed by atoms with Crippen molar-refractivity contribution in [2.24, 2.45) is 0 Å². The molecule has 6 heteroatoms. The van der Waals surface area contributed by atoms with Crippen LogP contribution in [0.25, 0.3) is 0 Å². The number of nitrogens with two attached hydrogens (primary N) is 1. The van der Waals surface area contributed by atoms with Crippen molar-refractivity contribution in [2.75, 3.05) is 11.5 Å². The van der Waals surface area contributed by atoms with E-state index in [-0.39, 0.29) is 17.6 Å². The molecule has 5 nitrogen and oxygen atoms in total. The fraction of sp³-hybridized carbons (Fsp3) is 0.273. The number of rotatable bonds is 3. The Hall–Kier alpha value is -1.69. The summed E-state index contributed by atoms with van der Waals surface area (Å²) < 4.78 is 0. The van der Waals surface area contributed by atoms with E-state index in [9.17, 15) is 9.59 Å². The molecule has 0 radical (unpaired) electrons. The number of thioether (sulfide) groups is 1. The van der Waals surface area contributed by atoms with Gasteiger partial charge in [-0.2, -0.15) is 0 Å². The zero-order chi connectivity index (χ0) is 12.8. The van der Waals surface area contributed by atoms with Gasteiger partial charge in [0.05, 0.1) is 5.75 Å². The number of nitrogens with one attached hydrogen (secondary N) is 2. The lowest BCUT2D eigenvalue weighted by Crippen LogP contribution is -2.41. The van der Waals surface area contributed by atoms with Crippen LogP contribution in [0.2, 0.25) is 0 Å². The first kappa shape index (κ1) is 13.4. The van der Waals surface area contributed by atoms with Crippen LogP contribution in [-0.2, 0) is 9.59 Å². The SMILES string of the molecule is CC(=O)NNC(=O)CSc1cc(N)ccc1C. The van der Waals surface area contributed by atoms with Gasteiger partial charge in [-0.05, 0) is 24.6 Å². The molecule has 0 saturated carbocycles. The largest absolute Gasteiger partial charge is 0.399 e. The molecule has 0 aromatic heterocycles. The van der Waals surface area contributed by atoms with Gasteiger partial charge in [-0.15, -0.1) is 11.8 Å². The standard InChI is InChI=1S/C11H15N3O2S/c1-7-3-4-9(12)5-10(7)17-6-11(16)14-13-8(2)15/h3-5H,6,12H2,1-2H3,(H,13,15)(H,14,16). The van der Waals surface area contributed by atoms with Gasteiger partial charge in [0.1, 0.15) is 0 Å². The van der Waals surface area contributed by atoms with E-state index in [2.05, 4.69) is 10.9 Å². The van der Waals surface area contributed by atoms with Gasteiger partial charge in [0.25, 0.3) is 0 Å². The average Bonchev–Trinajstić information content (AvgIpc) is 2.27. The molecule has 0 spiro atoms. The second kappa shape index (κ2) is 6.15. The molecule has 0 aliphatic heterocycles.